The number of benzene rings is 1. The first kappa shape index (κ1) is 13.1. The molecule has 0 aromatic heterocycles. The largest absolute Gasteiger partial charge is 0.272 e. The molecule has 2 rings (SSSR count). The molecule has 18 heavy (non-hydrogen) atoms. The monoisotopic (exact) mass is 247 g/mol. The quantitative estimate of drug-likeness (QED) is 0.580. The average Bonchev–Trinajstić information content (AvgIpc) is 2.40. The third-order valence-corrected chi connectivity index (χ3v) is 4.42. The molecule has 0 saturated heterocycles. The van der Waals surface area contributed by atoms with Gasteiger partial charge in [-0.05, 0) is 24.7 Å². The van der Waals surface area contributed by atoms with E-state index in [0.717, 1.165) is 18.4 Å². The molecule has 0 heterocycles. The summed E-state index contributed by atoms with van der Waals surface area (Å²) in [6, 6.07) is 7.21. The first-order valence-corrected chi connectivity index (χ1v) is 6.89. The van der Waals surface area contributed by atoms with E-state index in [-0.39, 0.29) is 10.6 Å². The molecule has 0 bridgehead atoms. The van der Waals surface area contributed by atoms with Gasteiger partial charge in [0.05, 0.1) is 4.92 Å². The van der Waals surface area contributed by atoms with E-state index in [9.17, 15) is 10.1 Å². The molecule has 0 radical (unpaired) electrons. The second-order valence-electron chi connectivity index (χ2n) is 5.48. The van der Waals surface area contributed by atoms with Crippen LogP contribution < -0.4 is 0 Å². The van der Waals surface area contributed by atoms with E-state index < -0.39 is 0 Å². The molecule has 1 saturated carbocycles. The van der Waals surface area contributed by atoms with E-state index in [1.807, 2.05) is 12.1 Å². The number of hydrogen-bond acceptors (Lipinski definition) is 2. The number of rotatable bonds is 4. The van der Waals surface area contributed by atoms with Crippen LogP contribution in [0.3, 0.4) is 0 Å². The molecular formula is C15H21NO2. The molecule has 3 heteroatoms. The number of para-hydroxylation sites is 1. The minimum absolute atomic E-state index is 0.248. The van der Waals surface area contributed by atoms with Gasteiger partial charge < -0.3 is 0 Å². The van der Waals surface area contributed by atoms with Crippen molar-refractivity contribution < 1.29 is 4.92 Å². The molecule has 1 aromatic carbocycles. The van der Waals surface area contributed by atoms with Crippen LogP contribution in [0.5, 0.6) is 0 Å². The van der Waals surface area contributed by atoms with Gasteiger partial charge in [0.15, 0.2) is 0 Å². The highest BCUT2D eigenvalue weighted by molar-refractivity contribution is 5.40. The summed E-state index contributed by atoms with van der Waals surface area (Å²) < 4.78 is 0. The lowest BCUT2D eigenvalue weighted by Gasteiger charge is -2.36. The molecule has 1 aliphatic carbocycles. The maximum atomic E-state index is 11.1. The van der Waals surface area contributed by atoms with E-state index in [1.165, 1.54) is 32.1 Å². The maximum Gasteiger partial charge on any atom is 0.272 e. The first-order valence-electron chi connectivity index (χ1n) is 6.89. The van der Waals surface area contributed by atoms with Crippen LogP contribution in [-0.2, 0) is 6.42 Å². The van der Waals surface area contributed by atoms with Crippen molar-refractivity contribution in [3.05, 3.63) is 39.9 Å². The van der Waals surface area contributed by atoms with Crippen molar-refractivity contribution in [2.45, 2.75) is 51.9 Å². The Bertz CT molecular complexity index is 422. The van der Waals surface area contributed by atoms with Crippen molar-refractivity contribution >= 4 is 5.69 Å². The molecule has 1 aliphatic rings. The van der Waals surface area contributed by atoms with Crippen LogP contribution in [0.15, 0.2) is 24.3 Å². The molecule has 0 N–H and O–H groups in total. The van der Waals surface area contributed by atoms with E-state index in [4.69, 9.17) is 0 Å². The Hall–Kier alpha value is -1.38. The molecule has 0 amide bonds. The van der Waals surface area contributed by atoms with Crippen LogP contribution in [0, 0.1) is 15.5 Å². The molecule has 0 aliphatic heterocycles. The Balaban J connectivity index is 2.24. The Kier molecular flexibility index (Phi) is 4.00. The minimum Gasteiger partial charge on any atom is -0.258 e. The Labute approximate surface area is 108 Å². The zero-order valence-electron chi connectivity index (χ0n) is 11.0. The predicted octanol–water partition coefficient (Wildman–Crippen LogP) is 4.50. The second-order valence-corrected chi connectivity index (χ2v) is 5.48. The SMILES string of the molecule is CCC1(Cc2ccccc2[N+](=O)[O-])CCCCC1. The van der Waals surface area contributed by atoms with E-state index in [1.54, 1.807) is 12.1 Å². The number of hydrogen-bond donors (Lipinski definition) is 0. The van der Waals surface area contributed by atoms with Gasteiger partial charge in [0, 0.05) is 11.6 Å². The third kappa shape index (κ3) is 2.71. The summed E-state index contributed by atoms with van der Waals surface area (Å²) >= 11 is 0. The fourth-order valence-corrected chi connectivity index (χ4v) is 3.20. The smallest absolute Gasteiger partial charge is 0.258 e. The van der Waals surface area contributed by atoms with Crippen molar-refractivity contribution in [1.82, 2.24) is 0 Å². The Morgan fingerprint density at radius 2 is 1.89 bits per heavy atom. The number of nitro groups is 1. The van der Waals surface area contributed by atoms with Crippen molar-refractivity contribution in [2.75, 3.05) is 0 Å². The summed E-state index contributed by atoms with van der Waals surface area (Å²) in [5.74, 6) is 0. The van der Waals surface area contributed by atoms with Gasteiger partial charge in [-0.3, -0.25) is 10.1 Å². The molecular weight excluding hydrogens is 226 g/mol. The van der Waals surface area contributed by atoms with Crippen molar-refractivity contribution in [2.24, 2.45) is 5.41 Å². The van der Waals surface area contributed by atoms with Crippen LogP contribution >= 0.6 is 0 Å². The first-order chi connectivity index (χ1) is 8.67. The molecule has 0 unspecified atom stereocenters. The van der Waals surface area contributed by atoms with Crippen LogP contribution in [0.1, 0.15) is 51.0 Å². The van der Waals surface area contributed by atoms with Crippen LogP contribution in [0.25, 0.3) is 0 Å². The molecule has 0 spiro atoms. The third-order valence-electron chi connectivity index (χ3n) is 4.42. The summed E-state index contributed by atoms with van der Waals surface area (Å²) in [6.45, 7) is 2.22. The van der Waals surface area contributed by atoms with Crippen LogP contribution in [0.4, 0.5) is 5.69 Å². The standard InChI is InChI=1S/C15H21NO2/c1-2-15(10-6-3-7-11-15)12-13-8-4-5-9-14(13)16(17)18/h4-5,8-9H,2-3,6-7,10-12H2,1H3. The van der Waals surface area contributed by atoms with E-state index in [2.05, 4.69) is 6.92 Å². The van der Waals surface area contributed by atoms with Gasteiger partial charge in [0.2, 0.25) is 0 Å². The van der Waals surface area contributed by atoms with Gasteiger partial charge in [-0.25, -0.2) is 0 Å². The molecule has 0 atom stereocenters. The van der Waals surface area contributed by atoms with E-state index in [0.29, 0.717) is 5.41 Å². The highest BCUT2D eigenvalue weighted by Gasteiger charge is 2.32. The van der Waals surface area contributed by atoms with Gasteiger partial charge in [0.25, 0.3) is 5.69 Å². The zero-order chi connectivity index (χ0) is 13.0. The van der Waals surface area contributed by atoms with Crippen molar-refractivity contribution in [3.8, 4) is 0 Å². The minimum atomic E-state index is -0.248. The average molecular weight is 247 g/mol. The summed E-state index contributed by atoms with van der Waals surface area (Å²) in [4.78, 5) is 10.8. The summed E-state index contributed by atoms with van der Waals surface area (Å²) in [7, 11) is 0. The Morgan fingerprint density at radius 1 is 1.22 bits per heavy atom. The Morgan fingerprint density at radius 3 is 2.50 bits per heavy atom. The fourth-order valence-electron chi connectivity index (χ4n) is 3.20. The highest BCUT2D eigenvalue weighted by Crippen LogP contribution is 2.43. The molecule has 1 fully saturated rings. The number of nitro benzene ring substituents is 1. The van der Waals surface area contributed by atoms with E-state index >= 15 is 0 Å². The zero-order valence-corrected chi connectivity index (χ0v) is 11.0. The van der Waals surface area contributed by atoms with Crippen LogP contribution in [-0.4, -0.2) is 4.92 Å². The lowest BCUT2D eigenvalue weighted by molar-refractivity contribution is -0.385. The maximum absolute atomic E-state index is 11.1. The highest BCUT2D eigenvalue weighted by atomic mass is 16.6. The summed E-state index contributed by atoms with van der Waals surface area (Å²) in [5.41, 5.74) is 1.49. The van der Waals surface area contributed by atoms with Gasteiger partial charge in [-0.1, -0.05) is 50.8 Å². The fraction of sp³-hybridized carbons (Fsp3) is 0.600. The van der Waals surface area contributed by atoms with Crippen molar-refractivity contribution in [1.29, 1.82) is 0 Å². The van der Waals surface area contributed by atoms with Gasteiger partial charge in [0.1, 0.15) is 0 Å². The van der Waals surface area contributed by atoms with Crippen LogP contribution in [0.2, 0.25) is 0 Å². The number of nitrogens with zero attached hydrogens (tertiary/aromatic N) is 1. The van der Waals surface area contributed by atoms with Gasteiger partial charge in [-0.15, -0.1) is 0 Å². The van der Waals surface area contributed by atoms with Gasteiger partial charge in [-0.2, -0.15) is 0 Å². The molecule has 98 valence electrons. The molecule has 1 aromatic rings. The lowest BCUT2D eigenvalue weighted by atomic mass is 9.68. The normalized spacial score (nSPS) is 18.5. The topological polar surface area (TPSA) is 43.1 Å². The predicted molar refractivity (Wildman–Crippen MR) is 72.6 cm³/mol. The van der Waals surface area contributed by atoms with Gasteiger partial charge >= 0.3 is 0 Å². The summed E-state index contributed by atoms with van der Waals surface area (Å²) in [6.07, 6.45) is 8.28. The lowest BCUT2D eigenvalue weighted by Crippen LogP contribution is -2.26. The summed E-state index contributed by atoms with van der Waals surface area (Å²) in [5, 5.41) is 11.1. The second kappa shape index (κ2) is 5.51. The molecule has 3 nitrogen and oxygen atoms in total. The van der Waals surface area contributed by atoms with Crippen molar-refractivity contribution in [3.63, 3.8) is 0 Å².